The van der Waals surface area contributed by atoms with Crippen molar-refractivity contribution in [2.24, 2.45) is 0 Å². The van der Waals surface area contributed by atoms with E-state index >= 15 is 0 Å². The lowest BCUT2D eigenvalue weighted by Gasteiger charge is -2.08. The van der Waals surface area contributed by atoms with Crippen LogP contribution in [0.3, 0.4) is 0 Å². The highest BCUT2D eigenvalue weighted by atomic mass is 35.5. The number of halogens is 1. The fourth-order valence-corrected chi connectivity index (χ4v) is 3.21. The molecule has 0 radical (unpaired) electrons. The molecule has 3 aromatic carbocycles. The Bertz CT molecular complexity index is 1350. The van der Waals surface area contributed by atoms with Crippen LogP contribution in [-0.4, -0.2) is 26.9 Å². The molecule has 0 saturated heterocycles. The summed E-state index contributed by atoms with van der Waals surface area (Å²) in [6, 6.07) is 18.7. The maximum atomic E-state index is 13.0. The van der Waals surface area contributed by atoms with E-state index in [1.807, 2.05) is 18.2 Å². The molecule has 0 aliphatic heterocycles. The van der Waals surface area contributed by atoms with Crippen LogP contribution in [0.4, 0.5) is 5.69 Å². The second-order valence-corrected chi connectivity index (χ2v) is 7.15. The molecular formula is C23H14ClN3O6. The van der Waals surface area contributed by atoms with Gasteiger partial charge in [-0.05, 0) is 30.3 Å². The highest BCUT2D eigenvalue weighted by molar-refractivity contribution is 6.33. The van der Waals surface area contributed by atoms with Gasteiger partial charge in [-0.25, -0.2) is 4.79 Å². The van der Waals surface area contributed by atoms with Crippen LogP contribution in [0.2, 0.25) is 5.02 Å². The number of aromatic nitrogens is 2. The summed E-state index contributed by atoms with van der Waals surface area (Å²) < 4.78 is 10.8. The van der Waals surface area contributed by atoms with E-state index < -0.39 is 22.4 Å². The van der Waals surface area contributed by atoms with E-state index in [4.69, 9.17) is 20.8 Å². The lowest BCUT2D eigenvalue weighted by atomic mass is 9.98. The number of nitro groups is 1. The van der Waals surface area contributed by atoms with Crippen molar-refractivity contribution in [3.8, 4) is 11.5 Å². The topological polar surface area (TPSA) is 125 Å². The van der Waals surface area contributed by atoms with Gasteiger partial charge in [0.15, 0.2) is 12.4 Å². The minimum atomic E-state index is -0.790. The normalized spacial score (nSPS) is 10.6. The van der Waals surface area contributed by atoms with Crippen molar-refractivity contribution in [3.63, 3.8) is 0 Å². The molecule has 0 aliphatic carbocycles. The standard InChI is InChI=1S/C23H14ClN3O6/c24-18-11-10-15(12-19(18)27(30)31)21(28)16-8-4-5-9-17(16)23(29)32-13-20-25-26-22(33-20)14-6-2-1-3-7-14/h1-12H,13H2. The summed E-state index contributed by atoms with van der Waals surface area (Å²) in [6.45, 7) is -0.298. The molecule has 33 heavy (non-hydrogen) atoms. The van der Waals surface area contributed by atoms with Crippen molar-refractivity contribution in [2.75, 3.05) is 0 Å². The lowest BCUT2D eigenvalue weighted by Crippen LogP contribution is -2.13. The third-order valence-corrected chi connectivity index (χ3v) is 4.93. The molecule has 1 aromatic heterocycles. The van der Waals surface area contributed by atoms with Crippen molar-refractivity contribution in [3.05, 3.63) is 111 Å². The molecule has 0 N–H and O–H groups in total. The molecule has 10 heteroatoms. The van der Waals surface area contributed by atoms with Crippen molar-refractivity contribution in [1.82, 2.24) is 10.2 Å². The van der Waals surface area contributed by atoms with Crippen LogP contribution in [0.1, 0.15) is 32.2 Å². The summed E-state index contributed by atoms with van der Waals surface area (Å²) in [5, 5.41) is 18.8. The third-order valence-electron chi connectivity index (χ3n) is 4.61. The molecule has 1 heterocycles. The minimum absolute atomic E-state index is 0.00996. The number of ketones is 1. The first-order chi connectivity index (χ1) is 15.9. The van der Waals surface area contributed by atoms with Gasteiger partial charge in [0.25, 0.3) is 11.6 Å². The molecule has 164 valence electrons. The zero-order valence-electron chi connectivity index (χ0n) is 16.8. The zero-order valence-corrected chi connectivity index (χ0v) is 17.6. The van der Waals surface area contributed by atoms with Gasteiger partial charge in [-0.3, -0.25) is 14.9 Å². The first kappa shape index (κ1) is 21.8. The van der Waals surface area contributed by atoms with Crippen LogP contribution in [0.25, 0.3) is 11.5 Å². The van der Waals surface area contributed by atoms with Gasteiger partial charge in [0.05, 0.1) is 10.5 Å². The van der Waals surface area contributed by atoms with E-state index in [0.717, 1.165) is 11.6 Å². The number of rotatable bonds is 7. The Balaban J connectivity index is 1.52. The van der Waals surface area contributed by atoms with Crippen LogP contribution in [0.15, 0.2) is 77.2 Å². The highest BCUT2D eigenvalue weighted by Gasteiger charge is 2.22. The van der Waals surface area contributed by atoms with Gasteiger partial charge in [-0.15, -0.1) is 10.2 Å². The molecule has 0 aliphatic rings. The maximum absolute atomic E-state index is 13.0. The number of ether oxygens (including phenoxy) is 1. The smallest absolute Gasteiger partial charge is 0.339 e. The Labute approximate surface area is 191 Å². The van der Waals surface area contributed by atoms with Crippen LogP contribution < -0.4 is 0 Å². The number of carbonyl (C=O) groups excluding carboxylic acids is 2. The summed E-state index contributed by atoms with van der Waals surface area (Å²) in [5.74, 6) is -1.02. The van der Waals surface area contributed by atoms with Crippen molar-refractivity contribution in [2.45, 2.75) is 6.61 Å². The molecule has 0 atom stereocenters. The summed E-state index contributed by atoms with van der Waals surface area (Å²) in [6.07, 6.45) is 0. The van der Waals surface area contributed by atoms with E-state index in [9.17, 15) is 19.7 Å². The molecule has 0 spiro atoms. The Kier molecular flexibility index (Phi) is 6.23. The van der Waals surface area contributed by atoms with Crippen molar-refractivity contribution < 1.29 is 23.7 Å². The number of nitro benzene ring substituents is 1. The van der Waals surface area contributed by atoms with Crippen molar-refractivity contribution >= 4 is 29.0 Å². The van der Waals surface area contributed by atoms with Gasteiger partial charge >= 0.3 is 5.97 Å². The van der Waals surface area contributed by atoms with Crippen LogP contribution in [0.5, 0.6) is 0 Å². The molecule has 0 bridgehead atoms. The average molecular weight is 464 g/mol. The van der Waals surface area contributed by atoms with Crippen LogP contribution in [0, 0.1) is 10.1 Å². The zero-order chi connectivity index (χ0) is 23.4. The number of hydrogen-bond donors (Lipinski definition) is 0. The summed E-state index contributed by atoms with van der Waals surface area (Å²) >= 11 is 5.82. The van der Waals surface area contributed by atoms with E-state index in [1.165, 1.54) is 24.3 Å². The van der Waals surface area contributed by atoms with Gasteiger partial charge in [0, 0.05) is 22.8 Å². The molecule has 0 unspecified atom stereocenters. The van der Waals surface area contributed by atoms with Gasteiger partial charge in [-0.2, -0.15) is 0 Å². The number of benzene rings is 3. The maximum Gasteiger partial charge on any atom is 0.339 e. The fourth-order valence-electron chi connectivity index (χ4n) is 3.02. The first-order valence-electron chi connectivity index (χ1n) is 9.56. The highest BCUT2D eigenvalue weighted by Crippen LogP contribution is 2.27. The molecule has 0 fully saturated rings. The molecule has 4 aromatic rings. The summed E-state index contributed by atoms with van der Waals surface area (Å²) in [7, 11) is 0. The number of carbonyl (C=O) groups is 2. The first-order valence-corrected chi connectivity index (χ1v) is 9.94. The third kappa shape index (κ3) is 4.78. The Morgan fingerprint density at radius 3 is 2.39 bits per heavy atom. The summed E-state index contributed by atoms with van der Waals surface area (Å²) in [5.41, 5.74) is 0.331. The van der Waals surface area contributed by atoms with Gasteiger partial charge in [0.2, 0.25) is 5.89 Å². The van der Waals surface area contributed by atoms with Gasteiger partial charge < -0.3 is 9.15 Å². The van der Waals surface area contributed by atoms with E-state index in [2.05, 4.69) is 10.2 Å². The van der Waals surface area contributed by atoms with Gasteiger partial charge in [-0.1, -0.05) is 48.0 Å². The largest absolute Gasteiger partial charge is 0.452 e. The van der Waals surface area contributed by atoms with Crippen LogP contribution in [-0.2, 0) is 11.3 Å². The Hall–Kier alpha value is -4.37. The Morgan fingerprint density at radius 2 is 1.67 bits per heavy atom. The quantitative estimate of drug-likeness (QED) is 0.164. The fraction of sp³-hybridized carbons (Fsp3) is 0.0435. The predicted octanol–water partition coefficient (Wildman–Crippen LogP) is 4.89. The van der Waals surface area contributed by atoms with Gasteiger partial charge in [0.1, 0.15) is 5.02 Å². The summed E-state index contributed by atoms with van der Waals surface area (Å²) in [4.78, 5) is 36.1. The molecule has 0 saturated carbocycles. The molecule has 4 rings (SSSR count). The number of nitrogens with zero attached hydrogens (tertiary/aromatic N) is 3. The number of esters is 1. The molecule has 0 amide bonds. The lowest BCUT2D eigenvalue weighted by molar-refractivity contribution is -0.384. The SMILES string of the molecule is O=C(OCc1nnc(-c2ccccc2)o1)c1ccccc1C(=O)c1ccc(Cl)c([N+](=O)[O-])c1. The average Bonchev–Trinajstić information content (AvgIpc) is 3.32. The number of hydrogen-bond acceptors (Lipinski definition) is 8. The Morgan fingerprint density at radius 1 is 0.970 bits per heavy atom. The molecule has 9 nitrogen and oxygen atoms in total. The van der Waals surface area contributed by atoms with E-state index in [0.29, 0.717) is 0 Å². The minimum Gasteiger partial charge on any atom is -0.452 e. The molecular weight excluding hydrogens is 450 g/mol. The predicted molar refractivity (Wildman–Crippen MR) is 117 cm³/mol. The monoisotopic (exact) mass is 463 g/mol. The van der Waals surface area contributed by atoms with E-state index in [-0.39, 0.29) is 40.1 Å². The second-order valence-electron chi connectivity index (χ2n) is 6.74. The van der Waals surface area contributed by atoms with Crippen molar-refractivity contribution in [1.29, 1.82) is 0 Å². The van der Waals surface area contributed by atoms with Crippen LogP contribution >= 0.6 is 11.6 Å². The second kappa shape index (κ2) is 9.41. The van der Waals surface area contributed by atoms with E-state index in [1.54, 1.807) is 24.3 Å².